The van der Waals surface area contributed by atoms with Gasteiger partial charge < -0.3 is 5.11 Å². The van der Waals surface area contributed by atoms with Gasteiger partial charge in [-0.3, -0.25) is 0 Å². The molecule has 0 aliphatic heterocycles. The second-order valence-electron chi connectivity index (χ2n) is 1.88. The Morgan fingerprint density at radius 2 is 2.30 bits per heavy atom. The predicted molar refractivity (Wildman–Crippen MR) is 44.1 cm³/mol. The maximum atomic E-state index is 8.71. The van der Waals surface area contributed by atoms with Crippen LogP contribution in [0.15, 0.2) is 29.2 Å². The van der Waals surface area contributed by atoms with Crippen LogP contribution in [0.25, 0.3) is 0 Å². The number of benzene rings is 1. The SMILES string of the molecule is OCc1cccc(SCl)c1. The van der Waals surface area contributed by atoms with Crippen LogP contribution in [0, 0.1) is 0 Å². The van der Waals surface area contributed by atoms with Crippen LogP contribution in [0.1, 0.15) is 5.56 Å². The molecule has 1 aromatic carbocycles. The summed E-state index contributed by atoms with van der Waals surface area (Å²) in [6.45, 7) is 0.0747. The van der Waals surface area contributed by atoms with Crippen molar-refractivity contribution in [1.29, 1.82) is 0 Å². The second kappa shape index (κ2) is 3.86. The maximum absolute atomic E-state index is 8.71. The van der Waals surface area contributed by atoms with Gasteiger partial charge in [0, 0.05) is 4.90 Å². The van der Waals surface area contributed by atoms with Gasteiger partial charge in [0.1, 0.15) is 0 Å². The fourth-order valence-electron chi connectivity index (χ4n) is 0.692. The first kappa shape index (κ1) is 7.92. The van der Waals surface area contributed by atoms with Crippen LogP contribution in [0.4, 0.5) is 0 Å². The summed E-state index contributed by atoms with van der Waals surface area (Å²) < 4.78 is 0. The number of aliphatic hydroxyl groups excluding tert-OH is 1. The molecule has 10 heavy (non-hydrogen) atoms. The molecule has 1 nitrogen and oxygen atoms in total. The predicted octanol–water partition coefficient (Wildman–Crippen LogP) is 2.42. The molecule has 0 radical (unpaired) electrons. The van der Waals surface area contributed by atoms with Gasteiger partial charge in [-0.1, -0.05) is 12.1 Å². The highest BCUT2D eigenvalue weighted by Gasteiger charge is 1.92. The van der Waals surface area contributed by atoms with Crippen LogP contribution in [0.5, 0.6) is 0 Å². The van der Waals surface area contributed by atoms with Gasteiger partial charge in [0.2, 0.25) is 0 Å². The molecule has 54 valence electrons. The largest absolute Gasteiger partial charge is 0.392 e. The van der Waals surface area contributed by atoms with Gasteiger partial charge in [-0.25, -0.2) is 0 Å². The molecular weight excluding hydrogens is 168 g/mol. The van der Waals surface area contributed by atoms with E-state index in [0.717, 1.165) is 21.4 Å². The normalized spacial score (nSPS) is 9.80. The lowest BCUT2D eigenvalue weighted by molar-refractivity contribution is 0.281. The highest BCUT2D eigenvalue weighted by Crippen LogP contribution is 2.22. The fourth-order valence-corrected chi connectivity index (χ4v) is 1.31. The van der Waals surface area contributed by atoms with Crippen molar-refractivity contribution >= 4 is 21.7 Å². The highest BCUT2D eigenvalue weighted by molar-refractivity contribution is 8.21. The van der Waals surface area contributed by atoms with Crippen molar-refractivity contribution in [2.45, 2.75) is 11.5 Å². The Hall–Kier alpha value is -0.180. The molecule has 0 aliphatic rings. The van der Waals surface area contributed by atoms with Gasteiger partial charge in [-0.2, -0.15) is 0 Å². The minimum absolute atomic E-state index is 0.0747. The summed E-state index contributed by atoms with van der Waals surface area (Å²) >= 11 is 0. The summed E-state index contributed by atoms with van der Waals surface area (Å²) in [4.78, 5) is 0.966. The minimum atomic E-state index is 0.0747. The molecule has 1 aromatic rings. The van der Waals surface area contributed by atoms with Crippen molar-refractivity contribution in [1.82, 2.24) is 0 Å². The van der Waals surface area contributed by atoms with Crippen LogP contribution in [0.3, 0.4) is 0 Å². The zero-order valence-electron chi connectivity index (χ0n) is 5.25. The van der Waals surface area contributed by atoms with E-state index in [0.29, 0.717) is 0 Å². The molecule has 0 aromatic heterocycles. The second-order valence-corrected chi connectivity index (χ2v) is 2.97. The van der Waals surface area contributed by atoms with Crippen LogP contribution in [-0.4, -0.2) is 5.11 Å². The number of hydrogen-bond donors (Lipinski definition) is 1. The van der Waals surface area contributed by atoms with E-state index < -0.39 is 0 Å². The van der Waals surface area contributed by atoms with Crippen molar-refractivity contribution in [3.63, 3.8) is 0 Å². The molecule has 0 saturated heterocycles. The average Bonchev–Trinajstić information content (AvgIpc) is 2.05. The van der Waals surface area contributed by atoms with Gasteiger partial charge in [0.25, 0.3) is 0 Å². The molecule has 0 fully saturated rings. The minimum Gasteiger partial charge on any atom is -0.392 e. The van der Waals surface area contributed by atoms with E-state index in [1.807, 2.05) is 24.3 Å². The van der Waals surface area contributed by atoms with Gasteiger partial charge >= 0.3 is 0 Å². The maximum Gasteiger partial charge on any atom is 0.0682 e. The lowest BCUT2D eigenvalue weighted by atomic mass is 10.2. The molecule has 0 bridgehead atoms. The molecule has 1 N–H and O–H groups in total. The smallest absolute Gasteiger partial charge is 0.0682 e. The van der Waals surface area contributed by atoms with Crippen molar-refractivity contribution < 1.29 is 5.11 Å². The Morgan fingerprint density at radius 1 is 1.50 bits per heavy atom. The summed E-state index contributed by atoms with van der Waals surface area (Å²) in [5.74, 6) is 0. The zero-order valence-corrected chi connectivity index (χ0v) is 6.82. The van der Waals surface area contributed by atoms with E-state index in [9.17, 15) is 0 Å². The van der Waals surface area contributed by atoms with E-state index in [-0.39, 0.29) is 6.61 Å². The highest BCUT2D eigenvalue weighted by atomic mass is 35.7. The molecule has 0 unspecified atom stereocenters. The molecular formula is C7H7ClOS. The summed E-state index contributed by atoms with van der Waals surface area (Å²) in [6, 6.07) is 7.49. The monoisotopic (exact) mass is 174 g/mol. The van der Waals surface area contributed by atoms with Gasteiger partial charge in [0.05, 0.1) is 6.61 Å². The molecule has 3 heteroatoms. The lowest BCUT2D eigenvalue weighted by Crippen LogP contribution is -1.80. The van der Waals surface area contributed by atoms with Crippen molar-refractivity contribution in [3.8, 4) is 0 Å². The molecule has 0 atom stereocenters. The third kappa shape index (κ3) is 1.90. The van der Waals surface area contributed by atoms with Gasteiger partial charge in [-0.15, -0.1) is 0 Å². The first-order valence-corrected chi connectivity index (χ1v) is 4.49. The Bertz CT molecular complexity index is 195. The third-order valence-corrected chi connectivity index (χ3v) is 2.14. The summed E-state index contributed by atoms with van der Waals surface area (Å²) in [5.41, 5.74) is 0.894. The van der Waals surface area contributed by atoms with E-state index in [2.05, 4.69) is 0 Å². The van der Waals surface area contributed by atoms with E-state index in [4.69, 9.17) is 15.8 Å². The first-order valence-electron chi connectivity index (χ1n) is 2.85. The Balaban J connectivity index is 2.87. The standard InChI is InChI=1S/C7H7ClOS/c8-10-7-3-1-2-6(4-7)5-9/h1-4,9H,5H2. The topological polar surface area (TPSA) is 20.2 Å². The third-order valence-electron chi connectivity index (χ3n) is 1.17. The Morgan fingerprint density at radius 3 is 2.90 bits per heavy atom. The summed E-state index contributed by atoms with van der Waals surface area (Å²) in [7, 11) is 6.65. The first-order chi connectivity index (χ1) is 4.86. The molecule has 1 rings (SSSR count). The average molecular weight is 175 g/mol. The van der Waals surface area contributed by atoms with Crippen molar-refractivity contribution in [2.24, 2.45) is 0 Å². The fraction of sp³-hybridized carbons (Fsp3) is 0.143. The van der Waals surface area contributed by atoms with Crippen LogP contribution >= 0.6 is 21.7 Å². The lowest BCUT2D eigenvalue weighted by Gasteiger charge is -1.96. The zero-order chi connectivity index (χ0) is 7.40. The molecule has 0 heterocycles. The molecule has 0 saturated carbocycles. The summed E-state index contributed by atoms with van der Waals surface area (Å²) in [5, 5.41) is 8.71. The Labute approximate surface area is 68.5 Å². The van der Waals surface area contributed by atoms with Crippen LogP contribution in [0.2, 0.25) is 0 Å². The van der Waals surface area contributed by atoms with Crippen LogP contribution < -0.4 is 0 Å². The molecule has 0 spiro atoms. The quantitative estimate of drug-likeness (QED) is 0.743. The number of rotatable bonds is 2. The molecule has 0 aliphatic carbocycles. The number of halogens is 1. The Kier molecular flexibility index (Phi) is 3.06. The number of aliphatic hydroxyl groups is 1. The summed E-state index contributed by atoms with van der Waals surface area (Å²) in [6.07, 6.45) is 0. The number of hydrogen-bond acceptors (Lipinski definition) is 2. The van der Waals surface area contributed by atoms with E-state index in [1.165, 1.54) is 0 Å². The van der Waals surface area contributed by atoms with Gasteiger partial charge in [-0.05, 0) is 39.4 Å². The van der Waals surface area contributed by atoms with Crippen molar-refractivity contribution in [2.75, 3.05) is 0 Å². The van der Waals surface area contributed by atoms with E-state index in [1.54, 1.807) is 0 Å². The molecule has 0 amide bonds. The van der Waals surface area contributed by atoms with Gasteiger partial charge in [0.15, 0.2) is 0 Å². The van der Waals surface area contributed by atoms with Crippen molar-refractivity contribution in [3.05, 3.63) is 29.8 Å². The van der Waals surface area contributed by atoms with Crippen LogP contribution in [-0.2, 0) is 6.61 Å². The van der Waals surface area contributed by atoms with E-state index >= 15 is 0 Å².